The molecule has 2 nitrogen and oxygen atoms in total. The van der Waals surface area contributed by atoms with Crippen LogP contribution in [0, 0.1) is 0 Å². The molecule has 21 heavy (non-hydrogen) atoms. The van der Waals surface area contributed by atoms with Gasteiger partial charge in [0.2, 0.25) is 0 Å². The van der Waals surface area contributed by atoms with E-state index in [2.05, 4.69) is 37.1 Å². The van der Waals surface area contributed by atoms with Crippen molar-refractivity contribution in [3.05, 3.63) is 33.8 Å². The molecule has 2 atom stereocenters. The Balaban J connectivity index is 2.16. The zero-order valence-electron chi connectivity index (χ0n) is 13.3. The van der Waals surface area contributed by atoms with Gasteiger partial charge in [-0.3, -0.25) is 4.90 Å². The average Bonchev–Trinajstić information content (AvgIpc) is 2.46. The summed E-state index contributed by atoms with van der Waals surface area (Å²) in [5.41, 5.74) is 1.35. The van der Waals surface area contributed by atoms with Crippen LogP contribution in [0.4, 0.5) is 0 Å². The fourth-order valence-corrected chi connectivity index (χ4v) is 3.50. The smallest absolute Gasteiger partial charge is 0.0465 e. The van der Waals surface area contributed by atoms with Crippen molar-refractivity contribution < 1.29 is 0 Å². The molecular weight excluding hydrogens is 303 g/mol. The number of benzene rings is 1. The lowest BCUT2D eigenvalue weighted by Crippen LogP contribution is -2.62. The van der Waals surface area contributed by atoms with Crippen LogP contribution in [-0.4, -0.2) is 29.6 Å². The molecule has 1 heterocycles. The highest BCUT2D eigenvalue weighted by Gasteiger charge is 2.36. The first-order valence-electron chi connectivity index (χ1n) is 7.91. The number of hydrogen-bond acceptors (Lipinski definition) is 2. The van der Waals surface area contributed by atoms with Crippen LogP contribution >= 0.6 is 23.2 Å². The molecule has 1 saturated heterocycles. The van der Waals surface area contributed by atoms with E-state index >= 15 is 0 Å². The van der Waals surface area contributed by atoms with E-state index in [9.17, 15) is 0 Å². The minimum atomic E-state index is 0.188. The third-order valence-electron chi connectivity index (χ3n) is 4.75. The van der Waals surface area contributed by atoms with Gasteiger partial charge in [-0.1, -0.05) is 49.5 Å². The van der Waals surface area contributed by atoms with Gasteiger partial charge in [0, 0.05) is 41.3 Å². The van der Waals surface area contributed by atoms with Crippen LogP contribution in [-0.2, 0) is 6.54 Å². The highest BCUT2D eigenvalue weighted by Crippen LogP contribution is 2.29. The average molecular weight is 329 g/mol. The molecule has 2 rings (SSSR count). The standard InChI is InChI=1S/C17H26Cl2N2/c1-4-6-15-11-21(17(3,5-2)12-20-15)10-13-7-8-14(18)9-16(13)19/h7-9,15,20H,4-6,10-12H2,1-3H3. The summed E-state index contributed by atoms with van der Waals surface area (Å²) in [4.78, 5) is 2.58. The van der Waals surface area contributed by atoms with E-state index in [1.54, 1.807) is 0 Å². The third kappa shape index (κ3) is 4.13. The molecular formula is C17H26Cl2N2. The van der Waals surface area contributed by atoms with Crippen molar-refractivity contribution in [1.29, 1.82) is 0 Å². The second kappa shape index (κ2) is 7.32. The van der Waals surface area contributed by atoms with E-state index in [0.717, 1.165) is 36.6 Å². The first kappa shape index (κ1) is 17.1. The normalized spacial score (nSPS) is 27.0. The fraction of sp³-hybridized carbons (Fsp3) is 0.647. The van der Waals surface area contributed by atoms with Crippen molar-refractivity contribution in [2.75, 3.05) is 13.1 Å². The zero-order valence-corrected chi connectivity index (χ0v) is 14.8. The Labute approximate surface area is 138 Å². The number of hydrogen-bond donors (Lipinski definition) is 1. The van der Waals surface area contributed by atoms with Crippen LogP contribution < -0.4 is 5.32 Å². The Morgan fingerprint density at radius 2 is 2.10 bits per heavy atom. The van der Waals surface area contributed by atoms with E-state index in [-0.39, 0.29) is 5.54 Å². The molecule has 0 radical (unpaired) electrons. The highest BCUT2D eigenvalue weighted by atomic mass is 35.5. The predicted octanol–water partition coefficient (Wildman–Crippen LogP) is 4.74. The van der Waals surface area contributed by atoms with Crippen molar-refractivity contribution in [1.82, 2.24) is 10.2 Å². The lowest BCUT2D eigenvalue weighted by Gasteiger charge is -2.48. The summed E-state index contributed by atoms with van der Waals surface area (Å²) in [7, 11) is 0. The van der Waals surface area contributed by atoms with Gasteiger partial charge in [-0.05, 0) is 37.5 Å². The lowest BCUT2D eigenvalue weighted by atomic mass is 9.90. The summed E-state index contributed by atoms with van der Waals surface area (Å²) in [6.07, 6.45) is 3.57. The first-order chi connectivity index (χ1) is 9.98. The van der Waals surface area contributed by atoms with Gasteiger partial charge in [0.05, 0.1) is 0 Å². The minimum Gasteiger partial charge on any atom is -0.311 e. The summed E-state index contributed by atoms with van der Waals surface area (Å²) in [5, 5.41) is 5.18. The maximum absolute atomic E-state index is 6.36. The molecule has 2 unspecified atom stereocenters. The van der Waals surface area contributed by atoms with Gasteiger partial charge in [-0.2, -0.15) is 0 Å². The SMILES string of the molecule is CCCC1CN(Cc2ccc(Cl)cc2Cl)C(C)(CC)CN1. The molecule has 1 fully saturated rings. The molecule has 0 aliphatic carbocycles. The molecule has 0 amide bonds. The van der Waals surface area contributed by atoms with E-state index in [1.807, 2.05) is 12.1 Å². The molecule has 0 aromatic heterocycles. The van der Waals surface area contributed by atoms with E-state index < -0.39 is 0 Å². The molecule has 1 aliphatic heterocycles. The topological polar surface area (TPSA) is 15.3 Å². The van der Waals surface area contributed by atoms with Gasteiger partial charge in [-0.15, -0.1) is 0 Å². The molecule has 118 valence electrons. The largest absolute Gasteiger partial charge is 0.311 e. The summed E-state index contributed by atoms with van der Waals surface area (Å²) >= 11 is 12.4. The van der Waals surface area contributed by atoms with Crippen LogP contribution in [0.3, 0.4) is 0 Å². The molecule has 1 N–H and O–H groups in total. The Hall–Kier alpha value is -0.280. The van der Waals surface area contributed by atoms with E-state index in [0.29, 0.717) is 11.1 Å². The summed E-state index contributed by atoms with van der Waals surface area (Å²) in [6, 6.07) is 6.41. The van der Waals surface area contributed by atoms with Crippen LogP contribution in [0.25, 0.3) is 0 Å². The summed E-state index contributed by atoms with van der Waals surface area (Å²) < 4.78 is 0. The van der Waals surface area contributed by atoms with Crippen molar-refractivity contribution in [2.24, 2.45) is 0 Å². The van der Waals surface area contributed by atoms with Gasteiger partial charge in [0.15, 0.2) is 0 Å². The number of piperazine rings is 1. The van der Waals surface area contributed by atoms with Gasteiger partial charge in [0.1, 0.15) is 0 Å². The predicted molar refractivity (Wildman–Crippen MR) is 92.3 cm³/mol. The number of rotatable bonds is 5. The Bertz CT molecular complexity index is 478. The van der Waals surface area contributed by atoms with E-state index in [1.165, 1.54) is 12.8 Å². The quantitative estimate of drug-likeness (QED) is 0.840. The highest BCUT2D eigenvalue weighted by molar-refractivity contribution is 6.35. The number of halogens is 2. The fourth-order valence-electron chi connectivity index (χ4n) is 3.03. The Kier molecular flexibility index (Phi) is 5.96. The lowest BCUT2D eigenvalue weighted by molar-refractivity contribution is 0.0397. The molecule has 0 bridgehead atoms. The van der Waals surface area contributed by atoms with Crippen LogP contribution in [0.1, 0.15) is 45.6 Å². The first-order valence-corrected chi connectivity index (χ1v) is 8.66. The maximum Gasteiger partial charge on any atom is 0.0465 e. The molecule has 1 aromatic rings. The van der Waals surface area contributed by atoms with Gasteiger partial charge in [-0.25, -0.2) is 0 Å². The van der Waals surface area contributed by atoms with Gasteiger partial charge < -0.3 is 5.32 Å². The van der Waals surface area contributed by atoms with Crippen molar-refractivity contribution in [3.8, 4) is 0 Å². The Morgan fingerprint density at radius 1 is 1.33 bits per heavy atom. The third-order valence-corrected chi connectivity index (χ3v) is 5.34. The molecule has 1 aromatic carbocycles. The van der Waals surface area contributed by atoms with Gasteiger partial charge >= 0.3 is 0 Å². The van der Waals surface area contributed by atoms with Crippen molar-refractivity contribution in [2.45, 2.75) is 58.2 Å². The molecule has 0 saturated carbocycles. The number of nitrogens with one attached hydrogen (secondary N) is 1. The maximum atomic E-state index is 6.36. The van der Waals surface area contributed by atoms with Crippen LogP contribution in [0.5, 0.6) is 0 Å². The van der Waals surface area contributed by atoms with Crippen LogP contribution in [0.15, 0.2) is 18.2 Å². The minimum absolute atomic E-state index is 0.188. The summed E-state index contributed by atoms with van der Waals surface area (Å²) in [5.74, 6) is 0. The van der Waals surface area contributed by atoms with Crippen LogP contribution in [0.2, 0.25) is 10.0 Å². The molecule has 0 spiro atoms. The van der Waals surface area contributed by atoms with Gasteiger partial charge in [0.25, 0.3) is 0 Å². The zero-order chi connectivity index (χ0) is 15.5. The second-order valence-electron chi connectivity index (χ2n) is 6.33. The monoisotopic (exact) mass is 328 g/mol. The second-order valence-corrected chi connectivity index (χ2v) is 7.18. The summed E-state index contributed by atoms with van der Waals surface area (Å²) in [6.45, 7) is 9.86. The molecule has 1 aliphatic rings. The van der Waals surface area contributed by atoms with E-state index in [4.69, 9.17) is 23.2 Å². The Morgan fingerprint density at radius 3 is 2.71 bits per heavy atom. The van der Waals surface area contributed by atoms with Crippen molar-refractivity contribution >= 4 is 23.2 Å². The number of nitrogens with zero attached hydrogens (tertiary/aromatic N) is 1. The van der Waals surface area contributed by atoms with Crippen molar-refractivity contribution in [3.63, 3.8) is 0 Å². The molecule has 4 heteroatoms.